The summed E-state index contributed by atoms with van der Waals surface area (Å²) in [6.07, 6.45) is 1.42. The van der Waals surface area contributed by atoms with Gasteiger partial charge in [0.2, 0.25) is 0 Å². The largest absolute Gasteiger partial charge is 0.444 e. The predicted octanol–water partition coefficient (Wildman–Crippen LogP) is 4.73. The first kappa shape index (κ1) is 19.5. The van der Waals surface area contributed by atoms with Crippen LogP contribution in [0.5, 0.6) is 0 Å². The van der Waals surface area contributed by atoms with Gasteiger partial charge in [-0.3, -0.25) is 4.90 Å². The Balaban J connectivity index is 1.94. The number of rotatable bonds is 3. The number of piperidine rings is 1. The minimum Gasteiger partial charge on any atom is -0.444 e. The van der Waals surface area contributed by atoms with Crippen LogP contribution < -0.4 is 5.32 Å². The molecule has 1 saturated heterocycles. The molecule has 1 fully saturated rings. The van der Waals surface area contributed by atoms with Crippen LogP contribution in [0.3, 0.4) is 0 Å². The molecule has 1 heterocycles. The summed E-state index contributed by atoms with van der Waals surface area (Å²) in [6, 6.07) is 3.03. The second-order valence-electron chi connectivity index (χ2n) is 7.08. The molecule has 1 unspecified atom stereocenters. The molecule has 134 valence electrons. The van der Waals surface area contributed by atoms with E-state index in [-0.39, 0.29) is 11.9 Å². The van der Waals surface area contributed by atoms with E-state index in [0.717, 1.165) is 19.4 Å². The van der Waals surface area contributed by atoms with Gasteiger partial charge in [0.25, 0.3) is 0 Å². The van der Waals surface area contributed by atoms with Gasteiger partial charge in [-0.25, -0.2) is 9.18 Å². The first-order chi connectivity index (χ1) is 11.1. The lowest BCUT2D eigenvalue weighted by Crippen LogP contribution is -2.48. The number of benzene rings is 1. The summed E-state index contributed by atoms with van der Waals surface area (Å²) in [5, 5.41) is 3.39. The third-order valence-corrected chi connectivity index (χ3v) is 4.91. The van der Waals surface area contributed by atoms with Crippen LogP contribution >= 0.6 is 27.5 Å². The van der Waals surface area contributed by atoms with Crippen LogP contribution in [0, 0.1) is 5.82 Å². The van der Waals surface area contributed by atoms with Crippen molar-refractivity contribution in [3.05, 3.63) is 33.0 Å². The smallest absolute Gasteiger partial charge is 0.407 e. The number of likely N-dealkylation sites (tertiary alicyclic amines) is 1. The number of ether oxygens (including phenoxy) is 1. The fourth-order valence-corrected chi connectivity index (χ4v) is 3.22. The molecule has 4 nitrogen and oxygen atoms in total. The first-order valence-electron chi connectivity index (χ1n) is 7.99. The molecule has 0 bridgehead atoms. The van der Waals surface area contributed by atoms with Crippen molar-refractivity contribution in [2.24, 2.45) is 0 Å². The number of hydrogen-bond acceptors (Lipinski definition) is 3. The summed E-state index contributed by atoms with van der Waals surface area (Å²) in [6.45, 7) is 7.48. The van der Waals surface area contributed by atoms with E-state index < -0.39 is 11.7 Å². The lowest BCUT2D eigenvalue weighted by atomic mass is 10.0. The zero-order valence-electron chi connectivity index (χ0n) is 14.2. The van der Waals surface area contributed by atoms with Gasteiger partial charge in [0.05, 0.1) is 5.02 Å². The number of carbonyl (C=O) groups excluding carboxylic acids is 1. The minimum absolute atomic E-state index is 0.00239. The average molecular weight is 422 g/mol. The molecule has 1 atom stereocenters. The topological polar surface area (TPSA) is 41.6 Å². The molecular formula is C17H23BrClFN2O2. The molecule has 1 N–H and O–H groups in total. The average Bonchev–Trinajstić information content (AvgIpc) is 2.43. The molecule has 1 aliphatic heterocycles. The Bertz CT molecular complexity index is 607. The van der Waals surface area contributed by atoms with Crippen LogP contribution in [0.4, 0.5) is 9.18 Å². The lowest BCUT2D eigenvalue weighted by molar-refractivity contribution is 0.0470. The Hall–Kier alpha value is -0.850. The zero-order valence-corrected chi connectivity index (χ0v) is 16.5. The summed E-state index contributed by atoms with van der Waals surface area (Å²) in [5.74, 6) is -0.284. The van der Waals surface area contributed by atoms with Crippen LogP contribution in [-0.2, 0) is 11.3 Å². The van der Waals surface area contributed by atoms with Crippen molar-refractivity contribution in [1.29, 1.82) is 0 Å². The third-order valence-electron chi connectivity index (χ3n) is 3.71. The quantitative estimate of drug-likeness (QED) is 0.717. The number of carbonyl (C=O) groups is 1. The molecule has 7 heteroatoms. The number of amides is 1. The molecule has 0 aromatic heterocycles. The van der Waals surface area contributed by atoms with Crippen LogP contribution in [0.15, 0.2) is 16.6 Å². The summed E-state index contributed by atoms with van der Waals surface area (Å²) in [7, 11) is 0. The fourth-order valence-electron chi connectivity index (χ4n) is 2.72. The SMILES string of the molecule is CC(C)(C)OC(=O)NC1CCCN(Cc2cc(Cl)c(Br)cc2F)C1. The van der Waals surface area contributed by atoms with Crippen LogP contribution in [0.2, 0.25) is 5.02 Å². The normalized spacial score (nSPS) is 19.2. The van der Waals surface area contributed by atoms with Gasteiger partial charge in [0.1, 0.15) is 11.4 Å². The number of halogens is 3. The molecule has 24 heavy (non-hydrogen) atoms. The van der Waals surface area contributed by atoms with Crippen molar-refractivity contribution in [2.45, 2.75) is 51.8 Å². The van der Waals surface area contributed by atoms with Crippen molar-refractivity contribution >= 4 is 33.6 Å². The van der Waals surface area contributed by atoms with E-state index in [9.17, 15) is 9.18 Å². The van der Waals surface area contributed by atoms with Crippen LogP contribution in [0.25, 0.3) is 0 Å². The van der Waals surface area contributed by atoms with Crippen molar-refractivity contribution in [3.63, 3.8) is 0 Å². The van der Waals surface area contributed by atoms with Gasteiger partial charge < -0.3 is 10.1 Å². The van der Waals surface area contributed by atoms with Gasteiger partial charge in [0, 0.05) is 29.2 Å². The molecule has 0 radical (unpaired) electrons. The van der Waals surface area contributed by atoms with Crippen molar-refractivity contribution in [2.75, 3.05) is 13.1 Å². The Kier molecular flexibility index (Phi) is 6.51. The van der Waals surface area contributed by atoms with E-state index in [1.165, 1.54) is 6.07 Å². The minimum atomic E-state index is -0.518. The molecule has 2 rings (SSSR count). The second-order valence-corrected chi connectivity index (χ2v) is 8.34. The lowest BCUT2D eigenvalue weighted by Gasteiger charge is -2.33. The van der Waals surface area contributed by atoms with Gasteiger partial charge in [0.15, 0.2) is 0 Å². The number of nitrogens with zero attached hydrogens (tertiary/aromatic N) is 1. The highest BCUT2D eigenvalue weighted by atomic mass is 79.9. The monoisotopic (exact) mass is 420 g/mol. The van der Waals surface area contributed by atoms with Gasteiger partial charge >= 0.3 is 6.09 Å². The third kappa shape index (κ3) is 5.90. The van der Waals surface area contributed by atoms with E-state index in [0.29, 0.717) is 28.1 Å². The van der Waals surface area contributed by atoms with Crippen molar-refractivity contribution < 1.29 is 13.9 Å². The maximum absolute atomic E-state index is 14.1. The second kappa shape index (κ2) is 8.02. The number of hydrogen-bond donors (Lipinski definition) is 1. The molecule has 0 saturated carbocycles. The van der Waals surface area contributed by atoms with E-state index in [4.69, 9.17) is 16.3 Å². The predicted molar refractivity (Wildman–Crippen MR) is 96.8 cm³/mol. The molecule has 1 aromatic rings. The summed E-state index contributed by atoms with van der Waals surface area (Å²) >= 11 is 9.28. The van der Waals surface area contributed by atoms with E-state index in [2.05, 4.69) is 26.1 Å². The highest BCUT2D eigenvalue weighted by Gasteiger charge is 2.24. The summed E-state index contributed by atoms with van der Waals surface area (Å²) < 4.78 is 19.9. The van der Waals surface area contributed by atoms with Crippen molar-refractivity contribution in [1.82, 2.24) is 10.2 Å². The molecule has 1 amide bonds. The molecular weight excluding hydrogens is 399 g/mol. The molecule has 1 aromatic carbocycles. The van der Waals surface area contributed by atoms with Crippen LogP contribution in [0.1, 0.15) is 39.2 Å². The van der Waals surface area contributed by atoms with Crippen LogP contribution in [-0.4, -0.2) is 35.7 Å². The maximum atomic E-state index is 14.1. The fraction of sp³-hybridized carbons (Fsp3) is 0.588. The Labute approximate surface area is 155 Å². The highest BCUT2D eigenvalue weighted by molar-refractivity contribution is 9.10. The molecule has 1 aliphatic rings. The van der Waals surface area contributed by atoms with Gasteiger partial charge in [-0.05, 0) is 68.2 Å². The van der Waals surface area contributed by atoms with E-state index in [1.807, 2.05) is 20.8 Å². The van der Waals surface area contributed by atoms with Gasteiger partial charge in [-0.15, -0.1) is 0 Å². The molecule has 0 aliphatic carbocycles. The number of alkyl carbamates (subject to hydrolysis) is 1. The summed E-state index contributed by atoms with van der Waals surface area (Å²) in [5.41, 5.74) is 0.0385. The van der Waals surface area contributed by atoms with E-state index >= 15 is 0 Å². The Morgan fingerprint density at radius 1 is 1.50 bits per heavy atom. The summed E-state index contributed by atoms with van der Waals surface area (Å²) in [4.78, 5) is 14.0. The standard InChI is InChI=1S/C17H23BrClFN2O2/c1-17(2,3)24-16(23)21-12-5-4-6-22(10-12)9-11-7-14(19)13(18)8-15(11)20/h7-8,12H,4-6,9-10H2,1-3H3,(H,21,23). The Morgan fingerprint density at radius 2 is 2.21 bits per heavy atom. The van der Waals surface area contributed by atoms with Gasteiger partial charge in [-0.1, -0.05) is 11.6 Å². The zero-order chi connectivity index (χ0) is 17.9. The number of nitrogens with one attached hydrogen (secondary N) is 1. The molecule has 0 spiro atoms. The Morgan fingerprint density at radius 3 is 2.88 bits per heavy atom. The maximum Gasteiger partial charge on any atom is 0.407 e. The highest BCUT2D eigenvalue weighted by Crippen LogP contribution is 2.27. The first-order valence-corrected chi connectivity index (χ1v) is 9.16. The van der Waals surface area contributed by atoms with E-state index in [1.54, 1.807) is 6.07 Å². The van der Waals surface area contributed by atoms with Crippen molar-refractivity contribution in [3.8, 4) is 0 Å². The van der Waals surface area contributed by atoms with Gasteiger partial charge in [-0.2, -0.15) is 0 Å².